The van der Waals surface area contributed by atoms with Gasteiger partial charge in [0.1, 0.15) is 11.5 Å². The van der Waals surface area contributed by atoms with Gasteiger partial charge in [0.15, 0.2) is 18.1 Å². The van der Waals surface area contributed by atoms with E-state index < -0.39 is 21.8 Å². The van der Waals surface area contributed by atoms with Crippen LogP contribution in [0.4, 0.5) is 0 Å². The summed E-state index contributed by atoms with van der Waals surface area (Å²) in [5.41, 5.74) is 2.00. The fourth-order valence-corrected chi connectivity index (χ4v) is 6.86. The Balaban J connectivity index is 1.16. The molecule has 4 aromatic rings. The predicted molar refractivity (Wildman–Crippen MR) is 166 cm³/mol. The van der Waals surface area contributed by atoms with E-state index in [1.807, 2.05) is 68.4 Å². The SMILES string of the molecule is CC(C)Cc1cc(S(=O)(=O)NC(Cc2ccc(OCc3noc(-c4ccccc4)n3)cc2)[C@H]2COC(C)(C)N2)cc2c1OCO2. The molecular formula is C33H38N4O7S. The highest BCUT2D eigenvalue weighted by Gasteiger charge is 2.38. The molecule has 0 saturated carbocycles. The van der Waals surface area contributed by atoms with Gasteiger partial charge in [-0.05, 0) is 74.1 Å². The number of hydrogen-bond donors (Lipinski definition) is 2. The number of aromatic nitrogens is 2. The lowest BCUT2D eigenvalue weighted by atomic mass is 10.0. The van der Waals surface area contributed by atoms with Crippen molar-refractivity contribution in [3.63, 3.8) is 0 Å². The molecule has 2 N–H and O–H groups in total. The summed E-state index contributed by atoms with van der Waals surface area (Å²) in [6.07, 6.45) is 1.09. The van der Waals surface area contributed by atoms with Crippen LogP contribution in [0.15, 0.2) is 76.1 Å². The van der Waals surface area contributed by atoms with Crippen molar-refractivity contribution in [2.24, 2.45) is 5.92 Å². The molecule has 0 amide bonds. The number of ether oxygens (including phenoxy) is 4. The van der Waals surface area contributed by atoms with E-state index >= 15 is 0 Å². The molecule has 3 heterocycles. The number of hydrogen-bond acceptors (Lipinski definition) is 10. The van der Waals surface area contributed by atoms with Gasteiger partial charge in [-0.3, -0.25) is 5.32 Å². The normalized spacial score (nSPS) is 17.9. The molecule has 2 atom stereocenters. The van der Waals surface area contributed by atoms with Gasteiger partial charge in [0.2, 0.25) is 22.6 Å². The van der Waals surface area contributed by atoms with Crippen LogP contribution in [-0.4, -0.2) is 49.8 Å². The van der Waals surface area contributed by atoms with Gasteiger partial charge < -0.3 is 23.5 Å². The Bertz CT molecular complexity index is 1720. The second-order valence-corrected chi connectivity index (χ2v) is 13.9. The van der Waals surface area contributed by atoms with Crippen molar-refractivity contribution in [2.45, 2.75) is 69.8 Å². The second-order valence-electron chi connectivity index (χ2n) is 12.2. The number of fused-ring (bicyclic) bond motifs is 1. The Hall–Kier alpha value is -3.97. The standard InChI is InChI=1S/C33H38N4O7S/c1-21(2)14-24-16-26(17-29-31(24)42-20-41-29)45(38,39)37-27(28-18-43-33(3,4)35-28)15-22-10-12-25(13-11-22)40-19-30-34-32(44-36-30)23-8-6-5-7-9-23/h5-13,16-17,21,27-28,35,37H,14-15,18-20H2,1-4H3/t27?,28-/m1/s1. The van der Waals surface area contributed by atoms with Crippen molar-refractivity contribution >= 4 is 10.0 Å². The Morgan fingerprint density at radius 3 is 2.53 bits per heavy atom. The molecular weight excluding hydrogens is 596 g/mol. The smallest absolute Gasteiger partial charge is 0.258 e. The summed E-state index contributed by atoms with van der Waals surface area (Å²) >= 11 is 0. The Morgan fingerprint density at radius 2 is 1.82 bits per heavy atom. The molecule has 0 bridgehead atoms. The van der Waals surface area contributed by atoms with Gasteiger partial charge in [0.05, 0.1) is 11.5 Å². The van der Waals surface area contributed by atoms with Crippen LogP contribution in [0, 0.1) is 5.92 Å². The van der Waals surface area contributed by atoms with Crippen molar-refractivity contribution in [3.05, 3.63) is 83.7 Å². The Kier molecular flexibility index (Phi) is 8.82. The van der Waals surface area contributed by atoms with Gasteiger partial charge in [0, 0.05) is 23.7 Å². The van der Waals surface area contributed by atoms with Crippen molar-refractivity contribution in [1.29, 1.82) is 0 Å². The number of benzene rings is 3. The maximum atomic E-state index is 13.8. The average molecular weight is 635 g/mol. The van der Waals surface area contributed by atoms with Crippen LogP contribution in [0.2, 0.25) is 0 Å². The molecule has 1 saturated heterocycles. The highest BCUT2D eigenvalue weighted by atomic mass is 32.2. The second kappa shape index (κ2) is 12.8. The van der Waals surface area contributed by atoms with Crippen molar-refractivity contribution in [2.75, 3.05) is 13.4 Å². The number of rotatable bonds is 12. The molecule has 0 aliphatic carbocycles. The minimum Gasteiger partial charge on any atom is -0.485 e. The van der Waals surface area contributed by atoms with Crippen LogP contribution < -0.4 is 24.2 Å². The van der Waals surface area contributed by atoms with E-state index in [-0.39, 0.29) is 24.3 Å². The first-order valence-corrected chi connectivity index (χ1v) is 16.5. The van der Waals surface area contributed by atoms with E-state index in [2.05, 4.69) is 34.0 Å². The third-order valence-electron chi connectivity index (χ3n) is 7.65. The van der Waals surface area contributed by atoms with Gasteiger partial charge in [-0.15, -0.1) is 0 Å². The lowest BCUT2D eigenvalue weighted by Gasteiger charge is -2.26. The number of sulfonamides is 1. The first-order valence-electron chi connectivity index (χ1n) is 15.0. The largest absolute Gasteiger partial charge is 0.485 e. The zero-order valence-electron chi connectivity index (χ0n) is 25.8. The van der Waals surface area contributed by atoms with Gasteiger partial charge in [-0.2, -0.15) is 4.98 Å². The molecule has 0 spiro atoms. The number of nitrogens with zero attached hydrogens (tertiary/aromatic N) is 2. The summed E-state index contributed by atoms with van der Waals surface area (Å²) in [6.45, 7) is 8.58. The van der Waals surface area contributed by atoms with Crippen LogP contribution >= 0.6 is 0 Å². The van der Waals surface area contributed by atoms with Crippen molar-refractivity contribution in [3.8, 4) is 28.7 Å². The summed E-state index contributed by atoms with van der Waals surface area (Å²) in [7, 11) is -3.93. The summed E-state index contributed by atoms with van der Waals surface area (Å²) in [6, 6.07) is 19.5. The van der Waals surface area contributed by atoms with E-state index in [1.54, 1.807) is 6.07 Å². The molecule has 6 rings (SSSR count). The average Bonchev–Trinajstić information content (AvgIpc) is 3.76. The number of nitrogens with one attached hydrogen (secondary N) is 2. The first kappa shape index (κ1) is 31.0. The third kappa shape index (κ3) is 7.47. The topological polar surface area (TPSA) is 134 Å². The molecule has 1 aromatic heterocycles. The predicted octanol–water partition coefficient (Wildman–Crippen LogP) is 4.86. The van der Waals surface area contributed by atoms with E-state index in [1.165, 1.54) is 6.07 Å². The summed E-state index contributed by atoms with van der Waals surface area (Å²) in [5, 5.41) is 7.43. The van der Waals surface area contributed by atoms with Crippen molar-refractivity contribution in [1.82, 2.24) is 20.2 Å². The highest BCUT2D eigenvalue weighted by Crippen LogP contribution is 2.39. The molecule has 1 fully saturated rings. The molecule has 238 valence electrons. The maximum Gasteiger partial charge on any atom is 0.258 e. The lowest BCUT2D eigenvalue weighted by molar-refractivity contribution is 0.0230. The summed E-state index contributed by atoms with van der Waals surface area (Å²) in [4.78, 5) is 4.55. The minimum atomic E-state index is -3.93. The Morgan fingerprint density at radius 1 is 1.04 bits per heavy atom. The van der Waals surface area contributed by atoms with Crippen LogP contribution in [0.3, 0.4) is 0 Å². The van der Waals surface area contributed by atoms with Gasteiger partial charge in [-0.1, -0.05) is 49.3 Å². The van der Waals surface area contributed by atoms with Crippen LogP contribution in [0.25, 0.3) is 11.5 Å². The molecule has 0 radical (unpaired) electrons. The third-order valence-corrected chi connectivity index (χ3v) is 9.12. The van der Waals surface area contributed by atoms with Crippen LogP contribution in [0.1, 0.15) is 44.6 Å². The molecule has 2 aliphatic heterocycles. The zero-order valence-corrected chi connectivity index (χ0v) is 26.6. The summed E-state index contributed by atoms with van der Waals surface area (Å²) < 4.78 is 59.0. The molecule has 1 unspecified atom stereocenters. The molecule has 45 heavy (non-hydrogen) atoms. The quantitative estimate of drug-likeness (QED) is 0.223. The molecule has 3 aromatic carbocycles. The lowest BCUT2D eigenvalue weighted by Crippen LogP contribution is -2.52. The van der Waals surface area contributed by atoms with Crippen molar-refractivity contribution < 1.29 is 31.9 Å². The van der Waals surface area contributed by atoms with Gasteiger partial charge in [0.25, 0.3) is 5.89 Å². The minimum absolute atomic E-state index is 0.0714. The zero-order chi connectivity index (χ0) is 31.6. The van der Waals surface area contributed by atoms with Crippen LogP contribution in [-0.2, 0) is 34.2 Å². The van der Waals surface area contributed by atoms with E-state index in [0.29, 0.717) is 54.3 Å². The summed E-state index contributed by atoms with van der Waals surface area (Å²) in [5.74, 6) is 2.87. The van der Waals surface area contributed by atoms with Gasteiger partial charge in [-0.25, -0.2) is 13.1 Å². The van der Waals surface area contributed by atoms with E-state index in [0.717, 1.165) is 16.7 Å². The van der Waals surface area contributed by atoms with E-state index in [9.17, 15) is 8.42 Å². The van der Waals surface area contributed by atoms with Gasteiger partial charge >= 0.3 is 0 Å². The van der Waals surface area contributed by atoms with E-state index in [4.69, 9.17) is 23.5 Å². The fourth-order valence-electron chi connectivity index (χ4n) is 5.51. The molecule has 11 nitrogen and oxygen atoms in total. The maximum absolute atomic E-state index is 13.8. The highest BCUT2D eigenvalue weighted by molar-refractivity contribution is 7.89. The van der Waals surface area contributed by atoms with Crippen LogP contribution in [0.5, 0.6) is 17.2 Å². The molecule has 2 aliphatic rings. The monoisotopic (exact) mass is 634 g/mol. The first-order chi connectivity index (χ1) is 21.5. The molecule has 12 heteroatoms. The fraction of sp³-hybridized carbons (Fsp3) is 0.394. The Labute approximate surface area is 263 Å².